The summed E-state index contributed by atoms with van der Waals surface area (Å²) in [6.07, 6.45) is 27.2. The first-order valence-corrected chi connectivity index (χ1v) is 8.97. The summed E-state index contributed by atoms with van der Waals surface area (Å²) in [5.41, 5.74) is 1.98. The molecule has 3 aliphatic carbocycles. The van der Waals surface area contributed by atoms with Gasteiger partial charge in [0.15, 0.2) is 0 Å². The van der Waals surface area contributed by atoms with Crippen molar-refractivity contribution in [1.29, 1.82) is 0 Å². The number of hydrogen-bond donors (Lipinski definition) is 0. The van der Waals surface area contributed by atoms with Gasteiger partial charge < -0.3 is 21.8 Å². The molecule has 0 saturated heterocycles. The summed E-state index contributed by atoms with van der Waals surface area (Å²) in [4.78, 5) is 0. The molecule has 160 valence electrons. The predicted molar refractivity (Wildman–Crippen MR) is 126 cm³/mol. The van der Waals surface area contributed by atoms with Gasteiger partial charge >= 0.3 is 0 Å². The van der Waals surface area contributed by atoms with Crippen molar-refractivity contribution in [3.63, 3.8) is 0 Å². The van der Waals surface area contributed by atoms with Gasteiger partial charge in [0.05, 0.1) is 0 Å². The third kappa shape index (κ3) is 14.0. The quantitative estimate of drug-likeness (QED) is 0.179. The van der Waals surface area contributed by atoms with Crippen LogP contribution in [0.4, 0.5) is 0 Å². The standard InChI is InChI=1S/C13H19.C5H5.C4H9.2CH3.2ClH.Hf/c1-3-13(4-2)9-8-11-6-5-7-12(11)10-13;1-2-4-5-3-1;1-3-4-2;;;;;/h7-11H,3-6H2,1-2H3;1-3H,4H2;1,3-4H2,2H3;2*1H3;2*1H;/q5*-1;;;. The van der Waals surface area contributed by atoms with E-state index in [0.717, 1.165) is 18.8 Å². The van der Waals surface area contributed by atoms with Gasteiger partial charge in [0.2, 0.25) is 0 Å². The zero-order valence-electron chi connectivity index (χ0n) is 18.1. The van der Waals surface area contributed by atoms with Gasteiger partial charge in [0.25, 0.3) is 0 Å². The Morgan fingerprint density at radius 1 is 1.19 bits per heavy atom. The van der Waals surface area contributed by atoms with Crippen LogP contribution in [0, 0.1) is 45.6 Å². The van der Waals surface area contributed by atoms with E-state index < -0.39 is 0 Å². The smallest absolute Gasteiger partial charge is 0 e. The average Bonchev–Trinajstić information content (AvgIpc) is 3.28. The number of allylic oxidation sites excluding steroid dienone is 8. The Bertz CT molecular complexity index is 406. The molecule has 0 aromatic rings. The van der Waals surface area contributed by atoms with E-state index in [0.29, 0.717) is 5.41 Å². The first-order chi connectivity index (χ1) is 10.7. The third-order valence-electron chi connectivity index (χ3n) is 4.66. The maximum absolute atomic E-state index is 3.60. The Morgan fingerprint density at radius 2 is 1.78 bits per heavy atom. The van der Waals surface area contributed by atoms with Crippen molar-refractivity contribution < 1.29 is 25.8 Å². The fraction of sp³-hybridized carbons (Fsp3) is 0.500. The minimum Gasteiger partial charge on any atom is -0.358 e. The molecule has 0 heterocycles. The molecule has 1 saturated carbocycles. The zero-order valence-corrected chi connectivity index (χ0v) is 23.3. The molecular weight excluding hydrogens is 538 g/mol. The van der Waals surface area contributed by atoms with Crippen LogP contribution in [0.15, 0.2) is 42.0 Å². The average molecular weight is 579 g/mol. The van der Waals surface area contributed by atoms with Gasteiger partial charge in [-0.15, -0.1) is 37.7 Å². The fourth-order valence-corrected chi connectivity index (χ4v) is 2.84. The summed E-state index contributed by atoms with van der Waals surface area (Å²) in [6.45, 7) is 10.3. The van der Waals surface area contributed by atoms with Gasteiger partial charge in [-0.3, -0.25) is 6.08 Å². The van der Waals surface area contributed by atoms with E-state index in [1.807, 2.05) is 12.2 Å². The fourth-order valence-electron chi connectivity index (χ4n) is 2.84. The predicted octanol–water partition coefficient (Wildman–Crippen LogP) is 8.57. The summed E-state index contributed by atoms with van der Waals surface area (Å²) in [5.74, 6) is 0.756. The molecule has 0 amide bonds. The SMILES string of the molecule is CCC1(CC)C=CC2CC[CH-]C2=C1.Cl.Cl.[C-]1=CC=CC1.[CH2-]CCC.[CH3-].[CH3-].[Hf]. The molecule has 0 nitrogen and oxygen atoms in total. The van der Waals surface area contributed by atoms with Crippen LogP contribution in [0.2, 0.25) is 0 Å². The maximum atomic E-state index is 3.60. The van der Waals surface area contributed by atoms with Crippen molar-refractivity contribution in [3.05, 3.63) is 76.3 Å². The van der Waals surface area contributed by atoms with Crippen LogP contribution in [0.3, 0.4) is 0 Å². The molecule has 3 rings (SSSR count). The summed E-state index contributed by atoms with van der Waals surface area (Å²) in [5, 5.41) is 0. The minimum atomic E-state index is 0. The zero-order chi connectivity index (χ0) is 16.3. The van der Waals surface area contributed by atoms with Crippen LogP contribution >= 0.6 is 24.8 Å². The number of unbranched alkanes of at least 4 members (excludes halogenated alkanes) is 1. The van der Waals surface area contributed by atoms with Crippen LogP contribution in [-0.2, 0) is 25.8 Å². The first kappa shape index (κ1) is 38.0. The molecule has 27 heavy (non-hydrogen) atoms. The molecule has 0 aliphatic heterocycles. The summed E-state index contributed by atoms with van der Waals surface area (Å²) >= 11 is 0. The molecule has 1 unspecified atom stereocenters. The largest absolute Gasteiger partial charge is 0.358 e. The van der Waals surface area contributed by atoms with Crippen molar-refractivity contribution >= 4 is 24.8 Å². The third-order valence-corrected chi connectivity index (χ3v) is 4.66. The first-order valence-electron chi connectivity index (χ1n) is 8.97. The molecule has 0 N–H and O–H groups in total. The van der Waals surface area contributed by atoms with E-state index in [1.54, 1.807) is 5.57 Å². The van der Waals surface area contributed by atoms with Crippen LogP contribution in [-0.4, -0.2) is 0 Å². The second-order valence-electron chi connectivity index (χ2n) is 6.19. The number of fused-ring (bicyclic) bond motifs is 1. The summed E-state index contributed by atoms with van der Waals surface area (Å²) in [6, 6.07) is 0. The molecule has 0 radical (unpaired) electrons. The van der Waals surface area contributed by atoms with E-state index in [4.69, 9.17) is 0 Å². The second-order valence-corrected chi connectivity index (χ2v) is 6.19. The van der Waals surface area contributed by atoms with Gasteiger partial charge in [0, 0.05) is 25.8 Å². The Labute approximate surface area is 203 Å². The second kappa shape index (κ2) is 22.6. The Kier molecular flexibility index (Phi) is 31.7. The van der Waals surface area contributed by atoms with E-state index in [9.17, 15) is 0 Å². The van der Waals surface area contributed by atoms with E-state index >= 15 is 0 Å². The maximum Gasteiger partial charge on any atom is 0 e. The number of rotatable bonds is 3. The molecular formula is C24H41Cl2Hf-5. The van der Waals surface area contributed by atoms with Gasteiger partial charge in [-0.2, -0.15) is 12.5 Å². The molecule has 0 bridgehead atoms. The Hall–Kier alpha value is 0.280. The van der Waals surface area contributed by atoms with Crippen molar-refractivity contribution in [2.45, 2.75) is 65.7 Å². The Balaban J connectivity index is -0.0000000996. The van der Waals surface area contributed by atoms with E-state index in [-0.39, 0.29) is 65.5 Å². The minimum absolute atomic E-state index is 0. The topological polar surface area (TPSA) is 0 Å². The molecule has 3 aliphatic rings. The van der Waals surface area contributed by atoms with Crippen molar-refractivity contribution in [3.8, 4) is 0 Å². The number of halogens is 2. The molecule has 0 aromatic heterocycles. The van der Waals surface area contributed by atoms with Crippen LogP contribution in [0.1, 0.15) is 65.7 Å². The van der Waals surface area contributed by atoms with Crippen LogP contribution in [0.5, 0.6) is 0 Å². The molecule has 0 aromatic carbocycles. The molecule has 3 heteroatoms. The van der Waals surface area contributed by atoms with Crippen LogP contribution < -0.4 is 0 Å². The van der Waals surface area contributed by atoms with Gasteiger partial charge in [-0.25, -0.2) is 30.2 Å². The van der Waals surface area contributed by atoms with Gasteiger partial charge in [-0.1, -0.05) is 64.0 Å². The van der Waals surface area contributed by atoms with Gasteiger partial charge in [0.1, 0.15) is 0 Å². The van der Waals surface area contributed by atoms with Crippen LogP contribution in [0.25, 0.3) is 0 Å². The summed E-state index contributed by atoms with van der Waals surface area (Å²) < 4.78 is 0. The number of hydrogen-bond acceptors (Lipinski definition) is 0. The van der Waals surface area contributed by atoms with E-state index in [2.05, 4.69) is 64.5 Å². The normalized spacial score (nSPS) is 18.5. The summed E-state index contributed by atoms with van der Waals surface area (Å²) in [7, 11) is 0. The molecule has 0 spiro atoms. The molecule has 1 atom stereocenters. The Morgan fingerprint density at radius 3 is 2.15 bits per heavy atom. The van der Waals surface area contributed by atoms with Crippen molar-refractivity contribution in [2.24, 2.45) is 11.3 Å². The molecule has 1 fully saturated rings. The van der Waals surface area contributed by atoms with E-state index in [1.165, 1.54) is 32.1 Å². The monoisotopic (exact) mass is 579 g/mol. The van der Waals surface area contributed by atoms with Gasteiger partial charge in [-0.05, 0) is 5.92 Å². The van der Waals surface area contributed by atoms with Crippen molar-refractivity contribution in [2.75, 3.05) is 0 Å². The van der Waals surface area contributed by atoms with Crippen molar-refractivity contribution in [1.82, 2.24) is 0 Å².